The van der Waals surface area contributed by atoms with Gasteiger partial charge in [-0.25, -0.2) is 0 Å². The molecule has 0 amide bonds. The van der Waals surface area contributed by atoms with Crippen molar-refractivity contribution in [1.82, 2.24) is 10.1 Å². The minimum absolute atomic E-state index is 0.439. The molecule has 2 N–H and O–H groups in total. The number of hydrogen-bond acceptors (Lipinski definition) is 6. The highest BCUT2D eigenvalue weighted by Gasteiger charge is 2.14. The van der Waals surface area contributed by atoms with E-state index >= 15 is 0 Å². The summed E-state index contributed by atoms with van der Waals surface area (Å²) < 4.78 is 10.7. The van der Waals surface area contributed by atoms with Gasteiger partial charge in [0.05, 0.1) is 12.3 Å². The number of nitrogen functional groups attached to an aromatic ring is 1. The molecule has 0 spiro atoms. The number of anilines is 1. The molecule has 0 fully saturated rings. The molecule has 0 saturated heterocycles. The summed E-state index contributed by atoms with van der Waals surface area (Å²) in [7, 11) is 0. The Morgan fingerprint density at radius 1 is 1.35 bits per heavy atom. The maximum atomic E-state index is 5.85. The molecule has 6 heteroatoms. The summed E-state index contributed by atoms with van der Waals surface area (Å²) in [5.41, 5.74) is 7.34. The predicted molar refractivity (Wildman–Crippen MR) is 78.6 cm³/mol. The number of ether oxygens (including phenoxy) is 1. The Morgan fingerprint density at radius 3 is 3.00 bits per heavy atom. The fourth-order valence-corrected chi connectivity index (χ4v) is 2.56. The van der Waals surface area contributed by atoms with Crippen LogP contribution in [0.2, 0.25) is 0 Å². The first kappa shape index (κ1) is 12.7. The third kappa shape index (κ3) is 2.37. The molecule has 0 unspecified atom stereocenters. The van der Waals surface area contributed by atoms with Gasteiger partial charge in [0.25, 0.3) is 5.89 Å². The van der Waals surface area contributed by atoms with Gasteiger partial charge in [-0.1, -0.05) is 17.3 Å². The van der Waals surface area contributed by atoms with Gasteiger partial charge < -0.3 is 15.0 Å². The van der Waals surface area contributed by atoms with Gasteiger partial charge in [0.15, 0.2) is 0 Å². The highest BCUT2D eigenvalue weighted by Crippen LogP contribution is 2.31. The molecule has 0 aliphatic carbocycles. The molecule has 2 aromatic heterocycles. The second-order valence-corrected chi connectivity index (χ2v) is 5.01. The summed E-state index contributed by atoms with van der Waals surface area (Å²) in [5, 5.41) is 5.89. The normalized spacial score (nSPS) is 10.7. The highest BCUT2D eigenvalue weighted by atomic mass is 32.1. The highest BCUT2D eigenvalue weighted by molar-refractivity contribution is 7.14. The van der Waals surface area contributed by atoms with Crippen LogP contribution in [0, 0.1) is 0 Å². The van der Waals surface area contributed by atoms with Gasteiger partial charge in [0.1, 0.15) is 10.6 Å². The lowest BCUT2D eigenvalue weighted by Crippen LogP contribution is -1.91. The van der Waals surface area contributed by atoms with Gasteiger partial charge >= 0.3 is 0 Å². The Kier molecular flexibility index (Phi) is 3.39. The summed E-state index contributed by atoms with van der Waals surface area (Å²) in [5.74, 6) is 1.75. The van der Waals surface area contributed by atoms with Gasteiger partial charge in [-0.05, 0) is 30.5 Å². The lowest BCUT2D eigenvalue weighted by molar-refractivity contribution is 0.340. The van der Waals surface area contributed by atoms with E-state index in [-0.39, 0.29) is 0 Å². The topological polar surface area (TPSA) is 74.2 Å². The van der Waals surface area contributed by atoms with Crippen molar-refractivity contribution in [3.8, 4) is 27.9 Å². The standard InChI is InChI=1S/C14H13N3O2S/c1-2-18-10-5-3-4-9(8-10)13-16-14(19-17-13)12-11(15)6-7-20-12/h3-8H,2,15H2,1H3. The summed E-state index contributed by atoms with van der Waals surface area (Å²) in [6, 6.07) is 9.41. The van der Waals surface area contributed by atoms with Crippen molar-refractivity contribution in [2.24, 2.45) is 0 Å². The summed E-state index contributed by atoms with van der Waals surface area (Å²) in [4.78, 5) is 5.18. The van der Waals surface area contributed by atoms with Gasteiger partial charge in [0, 0.05) is 5.56 Å². The van der Waals surface area contributed by atoms with Crippen molar-refractivity contribution in [3.05, 3.63) is 35.7 Å². The van der Waals surface area contributed by atoms with Gasteiger partial charge in [-0.2, -0.15) is 4.98 Å². The Balaban J connectivity index is 1.94. The SMILES string of the molecule is CCOc1cccc(-c2noc(-c3sccc3N)n2)c1. The van der Waals surface area contributed by atoms with Crippen molar-refractivity contribution in [1.29, 1.82) is 0 Å². The van der Waals surface area contributed by atoms with Crippen molar-refractivity contribution in [2.75, 3.05) is 12.3 Å². The largest absolute Gasteiger partial charge is 0.494 e. The fraction of sp³-hybridized carbons (Fsp3) is 0.143. The van der Waals surface area contributed by atoms with E-state index in [0.717, 1.165) is 16.2 Å². The van der Waals surface area contributed by atoms with Crippen LogP contribution in [0.3, 0.4) is 0 Å². The molecule has 102 valence electrons. The van der Waals surface area contributed by atoms with Gasteiger partial charge in [-0.3, -0.25) is 0 Å². The van der Waals surface area contributed by atoms with E-state index in [1.54, 1.807) is 0 Å². The molecule has 0 radical (unpaired) electrons. The van der Waals surface area contributed by atoms with Crippen LogP contribution in [0.4, 0.5) is 5.69 Å². The molecule has 0 aliphatic rings. The first-order valence-corrected chi connectivity index (χ1v) is 7.06. The number of nitrogens with two attached hydrogens (primary N) is 1. The Hall–Kier alpha value is -2.34. The first-order chi connectivity index (χ1) is 9.78. The molecule has 20 heavy (non-hydrogen) atoms. The van der Waals surface area contributed by atoms with E-state index in [0.29, 0.717) is 24.0 Å². The van der Waals surface area contributed by atoms with Crippen molar-refractivity contribution in [3.63, 3.8) is 0 Å². The van der Waals surface area contributed by atoms with Crippen molar-refractivity contribution >= 4 is 17.0 Å². The average molecular weight is 287 g/mol. The van der Waals surface area contributed by atoms with Crippen LogP contribution in [-0.4, -0.2) is 16.7 Å². The maximum Gasteiger partial charge on any atom is 0.270 e. The van der Waals surface area contributed by atoms with E-state index in [1.807, 2.05) is 42.6 Å². The number of rotatable bonds is 4. The molecule has 3 rings (SSSR count). The summed E-state index contributed by atoms with van der Waals surface area (Å²) in [6.45, 7) is 2.56. The fourth-order valence-electron chi connectivity index (χ4n) is 1.82. The Bertz CT molecular complexity index is 721. The predicted octanol–water partition coefficient (Wildman–Crippen LogP) is 3.45. The molecular formula is C14H13N3O2S. The van der Waals surface area contributed by atoms with Crippen LogP contribution in [0.15, 0.2) is 40.2 Å². The van der Waals surface area contributed by atoms with Crippen LogP contribution < -0.4 is 10.5 Å². The van der Waals surface area contributed by atoms with E-state index in [9.17, 15) is 0 Å². The molecule has 0 saturated carbocycles. The molecule has 0 atom stereocenters. The third-order valence-electron chi connectivity index (χ3n) is 2.72. The number of nitrogens with zero attached hydrogens (tertiary/aromatic N) is 2. The Morgan fingerprint density at radius 2 is 2.25 bits per heavy atom. The minimum atomic E-state index is 0.439. The van der Waals surface area contributed by atoms with E-state index in [1.165, 1.54) is 11.3 Å². The third-order valence-corrected chi connectivity index (χ3v) is 3.64. The molecule has 5 nitrogen and oxygen atoms in total. The molecule has 1 aromatic carbocycles. The minimum Gasteiger partial charge on any atom is -0.494 e. The van der Waals surface area contributed by atoms with Crippen LogP contribution >= 0.6 is 11.3 Å². The zero-order valence-electron chi connectivity index (χ0n) is 10.9. The molecular weight excluding hydrogens is 274 g/mol. The Labute approximate surface area is 120 Å². The van der Waals surface area contributed by atoms with E-state index in [2.05, 4.69) is 10.1 Å². The number of hydrogen-bond donors (Lipinski definition) is 1. The maximum absolute atomic E-state index is 5.85. The van der Waals surface area contributed by atoms with Crippen LogP contribution in [0.25, 0.3) is 22.2 Å². The summed E-state index contributed by atoms with van der Waals surface area (Å²) >= 11 is 1.48. The zero-order chi connectivity index (χ0) is 13.9. The smallest absolute Gasteiger partial charge is 0.270 e. The second-order valence-electron chi connectivity index (χ2n) is 4.09. The van der Waals surface area contributed by atoms with Gasteiger partial charge in [-0.15, -0.1) is 11.3 Å². The second kappa shape index (κ2) is 5.34. The number of benzene rings is 1. The molecule has 0 bridgehead atoms. The number of aromatic nitrogens is 2. The van der Waals surface area contributed by atoms with Crippen LogP contribution in [-0.2, 0) is 0 Å². The van der Waals surface area contributed by atoms with Crippen molar-refractivity contribution < 1.29 is 9.26 Å². The van der Waals surface area contributed by atoms with Crippen molar-refractivity contribution in [2.45, 2.75) is 6.92 Å². The average Bonchev–Trinajstić information content (AvgIpc) is 3.08. The molecule has 2 heterocycles. The lowest BCUT2D eigenvalue weighted by atomic mass is 10.2. The van der Waals surface area contributed by atoms with E-state index in [4.69, 9.17) is 15.0 Å². The quantitative estimate of drug-likeness (QED) is 0.795. The van der Waals surface area contributed by atoms with E-state index < -0.39 is 0 Å². The van der Waals surface area contributed by atoms with Gasteiger partial charge in [0.2, 0.25) is 5.82 Å². The first-order valence-electron chi connectivity index (χ1n) is 6.18. The summed E-state index contributed by atoms with van der Waals surface area (Å²) in [6.07, 6.45) is 0. The molecule has 3 aromatic rings. The van der Waals surface area contributed by atoms with Crippen LogP contribution in [0.1, 0.15) is 6.92 Å². The van der Waals surface area contributed by atoms with Crippen LogP contribution in [0.5, 0.6) is 5.75 Å². The zero-order valence-corrected chi connectivity index (χ0v) is 11.7. The monoisotopic (exact) mass is 287 g/mol. The number of thiophene rings is 1. The molecule has 0 aliphatic heterocycles. The lowest BCUT2D eigenvalue weighted by Gasteiger charge is -2.02.